The van der Waals surface area contributed by atoms with Crippen molar-refractivity contribution in [2.75, 3.05) is 11.9 Å². The first-order valence-corrected chi connectivity index (χ1v) is 7.26. The van der Waals surface area contributed by atoms with Crippen molar-refractivity contribution in [2.24, 2.45) is 0 Å². The van der Waals surface area contributed by atoms with Gasteiger partial charge in [-0.15, -0.1) is 11.3 Å². The second-order valence-electron chi connectivity index (χ2n) is 5.02. The van der Waals surface area contributed by atoms with Gasteiger partial charge in [0.25, 0.3) is 0 Å². The van der Waals surface area contributed by atoms with Crippen molar-refractivity contribution in [3.63, 3.8) is 0 Å². The first kappa shape index (κ1) is 13.9. The van der Waals surface area contributed by atoms with Crippen LogP contribution in [0.4, 0.5) is 5.69 Å². The Bertz CT molecular complexity index is 597. The van der Waals surface area contributed by atoms with Crippen molar-refractivity contribution in [3.8, 4) is 6.07 Å². The Morgan fingerprint density at radius 1 is 1.37 bits per heavy atom. The molecular formula is C15H15ClN2S. The number of nitriles is 1. The summed E-state index contributed by atoms with van der Waals surface area (Å²) in [6.45, 7) is 5.19. The molecule has 0 amide bonds. The average Bonchev–Trinajstić information content (AvgIpc) is 2.92. The Kier molecular flexibility index (Phi) is 4.14. The fourth-order valence-corrected chi connectivity index (χ4v) is 2.89. The minimum atomic E-state index is 0.0470. The fourth-order valence-electron chi connectivity index (χ4n) is 1.79. The number of anilines is 1. The third-order valence-corrected chi connectivity index (χ3v) is 4.56. The number of halogens is 1. The lowest BCUT2D eigenvalue weighted by molar-refractivity contribution is 0.569. The fraction of sp³-hybridized carbons (Fsp3) is 0.267. The molecule has 4 heteroatoms. The first-order valence-electron chi connectivity index (χ1n) is 6.00. The van der Waals surface area contributed by atoms with Crippen molar-refractivity contribution >= 4 is 28.6 Å². The summed E-state index contributed by atoms with van der Waals surface area (Å²) in [7, 11) is 0. The molecule has 2 nitrogen and oxygen atoms in total. The average molecular weight is 291 g/mol. The van der Waals surface area contributed by atoms with Gasteiger partial charge in [-0.2, -0.15) is 5.26 Å². The molecule has 1 aromatic heterocycles. The highest BCUT2D eigenvalue weighted by molar-refractivity contribution is 7.10. The summed E-state index contributed by atoms with van der Waals surface area (Å²) in [5.41, 5.74) is 1.49. The van der Waals surface area contributed by atoms with E-state index in [2.05, 4.69) is 42.7 Å². The molecule has 2 rings (SSSR count). The zero-order valence-electron chi connectivity index (χ0n) is 10.9. The van der Waals surface area contributed by atoms with Crippen LogP contribution in [0.2, 0.25) is 5.02 Å². The highest BCUT2D eigenvalue weighted by Gasteiger charge is 2.21. The number of hydrogen-bond acceptors (Lipinski definition) is 3. The molecule has 0 spiro atoms. The lowest BCUT2D eigenvalue weighted by Gasteiger charge is -2.24. The van der Waals surface area contributed by atoms with Crippen LogP contribution in [-0.2, 0) is 5.41 Å². The van der Waals surface area contributed by atoms with Gasteiger partial charge in [-0.3, -0.25) is 0 Å². The standard InChI is InChI=1S/C15H15ClN2S/c1-15(2,14-4-3-7-19-14)10-18-13-6-5-11(9-17)8-12(13)16/h3-8,18H,10H2,1-2H3. The van der Waals surface area contributed by atoms with Crippen molar-refractivity contribution in [2.45, 2.75) is 19.3 Å². The number of nitrogens with zero attached hydrogens (tertiary/aromatic N) is 1. The van der Waals surface area contributed by atoms with Crippen LogP contribution in [0.1, 0.15) is 24.3 Å². The molecule has 0 radical (unpaired) electrons. The largest absolute Gasteiger partial charge is 0.383 e. The van der Waals surface area contributed by atoms with E-state index in [1.165, 1.54) is 4.88 Å². The smallest absolute Gasteiger partial charge is 0.0992 e. The summed E-state index contributed by atoms with van der Waals surface area (Å²) in [4.78, 5) is 1.34. The molecule has 0 saturated heterocycles. The van der Waals surface area contributed by atoms with Crippen LogP contribution in [0, 0.1) is 11.3 Å². The van der Waals surface area contributed by atoms with Crippen molar-refractivity contribution in [3.05, 3.63) is 51.2 Å². The van der Waals surface area contributed by atoms with Crippen molar-refractivity contribution < 1.29 is 0 Å². The normalized spacial score (nSPS) is 11.1. The van der Waals surface area contributed by atoms with Gasteiger partial charge in [-0.25, -0.2) is 0 Å². The summed E-state index contributed by atoms with van der Waals surface area (Å²) in [5.74, 6) is 0. The van der Waals surface area contributed by atoms with E-state index in [4.69, 9.17) is 16.9 Å². The van der Waals surface area contributed by atoms with Gasteiger partial charge in [0, 0.05) is 16.8 Å². The monoisotopic (exact) mass is 290 g/mol. The van der Waals surface area contributed by atoms with Crippen LogP contribution in [0.3, 0.4) is 0 Å². The SMILES string of the molecule is CC(C)(CNc1ccc(C#N)cc1Cl)c1cccs1. The van der Waals surface area contributed by atoms with Gasteiger partial charge in [0.1, 0.15) is 0 Å². The summed E-state index contributed by atoms with van der Waals surface area (Å²) in [6.07, 6.45) is 0. The molecule has 0 atom stereocenters. The second-order valence-corrected chi connectivity index (χ2v) is 6.38. The first-order chi connectivity index (χ1) is 9.03. The Labute approximate surface area is 122 Å². The predicted octanol–water partition coefficient (Wildman–Crippen LogP) is 4.66. The van der Waals surface area contributed by atoms with E-state index in [0.717, 1.165) is 12.2 Å². The van der Waals surface area contributed by atoms with Crippen molar-refractivity contribution in [1.29, 1.82) is 5.26 Å². The minimum absolute atomic E-state index is 0.0470. The molecule has 1 heterocycles. The molecule has 98 valence electrons. The third kappa shape index (κ3) is 3.28. The second kappa shape index (κ2) is 5.64. The summed E-state index contributed by atoms with van der Waals surface area (Å²) >= 11 is 7.91. The molecule has 2 aromatic rings. The zero-order chi connectivity index (χ0) is 13.9. The van der Waals surface area contributed by atoms with E-state index in [0.29, 0.717) is 10.6 Å². The van der Waals surface area contributed by atoms with Gasteiger partial charge < -0.3 is 5.32 Å². The van der Waals surface area contributed by atoms with Gasteiger partial charge >= 0.3 is 0 Å². The van der Waals surface area contributed by atoms with E-state index in [1.807, 2.05) is 6.07 Å². The maximum absolute atomic E-state index is 8.81. The number of nitrogens with one attached hydrogen (secondary N) is 1. The van der Waals surface area contributed by atoms with Crippen LogP contribution in [0.5, 0.6) is 0 Å². The van der Waals surface area contributed by atoms with E-state index >= 15 is 0 Å². The van der Waals surface area contributed by atoms with E-state index < -0.39 is 0 Å². The van der Waals surface area contributed by atoms with Crippen LogP contribution >= 0.6 is 22.9 Å². The summed E-state index contributed by atoms with van der Waals surface area (Å²) < 4.78 is 0. The molecular weight excluding hydrogens is 276 g/mol. The Morgan fingerprint density at radius 2 is 2.16 bits per heavy atom. The van der Waals surface area contributed by atoms with Gasteiger partial charge in [0.05, 0.1) is 22.3 Å². The van der Waals surface area contributed by atoms with Crippen LogP contribution in [0.15, 0.2) is 35.7 Å². The lowest BCUT2D eigenvalue weighted by Crippen LogP contribution is -2.26. The molecule has 19 heavy (non-hydrogen) atoms. The molecule has 0 aliphatic rings. The summed E-state index contributed by atoms with van der Waals surface area (Å²) in [6, 6.07) is 11.6. The van der Waals surface area contributed by atoms with Crippen molar-refractivity contribution in [1.82, 2.24) is 0 Å². The number of thiophene rings is 1. The molecule has 0 aliphatic heterocycles. The topological polar surface area (TPSA) is 35.8 Å². The molecule has 1 N–H and O–H groups in total. The Balaban J connectivity index is 2.09. The quantitative estimate of drug-likeness (QED) is 0.889. The number of benzene rings is 1. The molecule has 0 fully saturated rings. The van der Waals surface area contributed by atoms with Crippen LogP contribution in [0.25, 0.3) is 0 Å². The van der Waals surface area contributed by atoms with Gasteiger partial charge in [-0.05, 0) is 29.6 Å². The van der Waals surface area contributed by atoms with E-state index in [1.54, 1.807) is 23.5 Å². The Hall–Kier alpha value is -1.50. The predicted molar refractivity (Wildman–Crippen MR) is 82.0 cm³/mol. The van der Waals surface area contributed by atoms with Crippen LogP contribution in [-0.4, -0.2) is 6.54 Å². The van der Waals surface area contributed by atoms with Gasteiger partial charge in [0.2, 0.25) is 0 Å². The maximum Gasteiger partial charge on any atom is 0.0992 e. The summed E-state index contributed by atoms with van der Waals surface area (Å²) in [5, 5.41) is 14.8. The van der Waals surface area contributed by atoms with E-state index in [9.17, 15) is 0 Å². The van der Waals surface area contributed by atoms with Gasteiger partial charge in [0.15, 0.2) is 0 Å². The lowest BCUT2D eigenvalue weighted by atomic mass is 9.91. The molecule has 0 aliphatic carbocycles. The molecule has 0 saturated carbocycles. The van der Waals surface area contributed by atoms with E-state index in [-0.39, 0.29) is 5.41 Å². The zero-order valence-corrected chi connectivity index (χ0v) is 12.5. The number of rotatable bonds is 4. The molecule has 0 bridgehead atoms. The molecule has 1 aromatic carbocycles. The molecule has 0 unspecified atom stereocenters. The maximum atomic E-state index is 8.81. The Morgan fingerprint density at radius 3 is 2.74 bits per heavy atom. The van der Waals surface area contributed by atoms with Crippen LogP contribution < -0.4 is 5.32 Å². The third-order valence-electron chi connectivity index (χ3n) is 3.01. The van der Waals surface area contributed by atoms with Gasteiger partial charge in [-0.1, -0.05) is 31.5 Å². The minimum Gasteiger partial charge on any atom is -0.383 e. The highest BCUT2D eigenvalue weighted by Crippen LogP contribution is 2.29. The number of hydrogen-bond donors (Lipinski definition) is 1. The highest BCUT2D eigenvalue weighted by atomic mass is 35.5.